The third kappa shape index (κ3) is 4.86. The molecule has 0 bridgehead atoms. The van der Waals surface area contributed by atoms with E-state index in [-0.39, 0.29) is 11.0 Å². The topological polar surface area (TPSA) is 64.2 Å². The molecule has 188 valence electrons. The van der Waals surface area contributed by atoms with Gasteiger partial charge >= 0.3 is 0 Å². The van der Waals surface area contributed by atoms with Crippen molar-refractivity contribution in [2.75, 3.05) is 7.11 Å². The number of nitrogens with one attached hydrogen (secondary N) is 1. The number of hydrogen-bond donors (Lipinski definition) is 1. The van der Waals surface area contributed by atoms with Crippen LogP contribution < -0.4 is 15.0 Å². The van der Waals surface area contributed by atoms with Crippen LogP contribution in [0.25, 0.3) is 21.6 Å². The van der Waals surface area contributed by atoms with Crippen molar-refractivity contribution in [1.82, 2.24) is 9.97 Å². The first-order valence-electron chi connectivity index (χ1n) is 11.9. The number of ether oxygens (including phenoxy) is 2. The van der Waals surface area contributed by atoms with Gasteiger partial charge in [-0.05, 0) is 66.0 Å². The highest BCUT2D eigenvalue weighted by atomic mass is 35.5. The maximum absolute atomic E-state index is 13.2. The monoisotopic (exact) mass is 542 g/mol. The number of rotatable bonds is 5. The van der Waals surface area contributed by atoms with Gasteiger partial charge in [0.25, 0.3) is 5.56 Å². The Bertz CT molecular complexity index is 1490. The first-order chi connectivity index (χ1) is 17.1. The van der Waals surface area contributed by atoms with Crippen LogP contribution in [0.4, 0.5) is 0 Å². The molecule has 2 aromatic heterocycles. The van der Waals surface area contributed by atoms with Gasteiger partial charge in [0.15, 0.2) is 11.5 Å². The van der Waals surface area contributed by atoms with Crippen molar-refractivity contribution in [2.24, 2.45) is 11.3 Å². The Morgan fingerprint density at radius 2 is 1.92 bits per heavy atom. The minimum absolute atomic E-state index is 0.111. The van der Waals surface area contributed by atoms with E-state index in [4.69, 9.17) is 37.7 Å². The second-order valence-corrected chi connectivity index (χ2v) is 12.2. The van der Waals surface area contributed by atoms with Gasteiger partial charge < -0.3 is 14.5 Å². The Kier molecular flexibility index (Phi) is 6.79. The second-order valence-electron chi connectivity index (χ2n) is 10.3. The molecule has 1 aliphatic rings. The van der Waals surface area contributed by atoms with Gasteiger partial charge in [0.05, 0.1) is 17.5 Å². The summed E-state index contributed by atoms with van der Waals surface area (Å²) in [5.41, 5.74) is 2.91. The molecule has 0 amide bonds. The fourth-order valence-electron chi connectivity index (χ4n) is 4.79. The van der Waals surface area contributed by atoms with E-state index in [1.807, 2.05) is 24.3 Å². The molecule has 8 heteroatoms. The van der Waals surface area contributed by atoms with Crippen molar-refractivity contribution in [2.45, 2.75) is 46.6 Å². The molecule has 5 nitrogen and oxygen atoms in total. The van der Waals surface area contributed by atoms with Crippen LogP contribution in [0, 0.1) is 11.3 Å². The molecule has 36 heavy (non-hydrogen) atoms. The van der Waals surface area contributed by atoms with Crippen LogP contribution in [0.5, 0.6) is 11.5 Å². The zero-order valence-electron chi connectivity index (χ0n) is 20.7. The Labute approximate surface area is 224 Å². The summed E-state index contributed by atoms with van der Waals surface area (Å²) in [5.74, 6) is 1.96. The van der Waals surface area contributed by atoms with Gasteiger partial charge in [-0.2, -0.15) is 0 Å². The SMILES string of the molecule is COc1cc(-c2nc3sc4c(c3c(=O)[nH]2)CC[C@H](C(C)(C)C)C4)cc(Cl)c1OCc1ccc(Cl)cc1. The molecule has 2 aromatic carbocycles. The molecule has 0 unspecified atom stereocenters. The molecule has 0 saturated heterocycles. The third-order valence-corrected chi connectivity index (χ3v) is 8.62. The van der Waals surface area contributed by atoms with Gasteiger partial charge in [-0.15, -0.1) is 11.3 Å². The van der Waals surface area contributed by atoms with Crippen molar-refractivity contribution in [1.29, 1.82) is 0 Å². The van der Waals surface area contributed by atoms with E-state index in [1.54, 1.807) is 30.6 Å². The summed E-state index contributed by atoms with van der Waals surface area (Å²) < 4.78 is 11.5. The Hall–Kier alpha value is -2.54. The van der Waals surface area contributed by atoms with Crippen LogP contribution in [0.15, 0.2) is 41.2 Å². The molecular weight excluding hydrogens is 515 g/mol. The lowest BCUT2D eigenvalue weighted by Gasteiger charge is -2.33. The van der Waals surface area contributed by atoms with E-state index >= 15 is 0 Å². The number of aryl methyl sites for hydroxylation is 1. The lowest BCUT2D eigenvalue weighted by Crippen LogP contribution is -2.26. The zero-order valence-corrected chi connectivity index (χ0v) is 23.0. The van der Waals surface area contributed by atoms with Gasteiger partial charge in [-0.25, -0.2) is 4.98 Å². The summed E-state index contributed by atoms with van der Waals surface area (Å²) >= 11 is 14.2. The maximum atomic E-state index is 13.2. The molecule has 4 aromatic rings. The highest BCUT2D eigenvalue weighted by Gasteiger charge is 2.31. The number of nitrogens with zero attached hydrogens (tertiary/aromatic N) is 1. The lowest BCUT2D eigenvalue weighted by atomic mass is 9.72. The van der Waals surface area contributed by atoms with Crippen LogP contribution in [0.3, 0.4) is 0 Å². The standard InChI is InChI=1S/C28H28Cl2N2O3S/c1-28(2,3)17-7-10-19-22(13-17)36-27-23(19)26(33)31-25(32-27)16-11-20(30)24(21(12-16)34-4)35-14-15-5-8-18(29)9-6-15/h5-6,8-9,11-12,17H,7,10,13-14H2,1-4H3,(H,31,32,33)/t17-/m0/s1. The van der Waals surface area contributed by atoms with Crippen LogP contribution in [-0.4, -0.2) is 17.1 Å². The van der Waals surface area contributed by atoms with Gasteiger partial charge in [0, 0.05) is 15.5 Å². The summed E-state index contributed by atoms with van der Waals surface area (Å²) in [6, 6.07) is 10.9. The third-order valence-electron chi connectivity index (χ3n) is 6.94. The molecule has 0 radical (unpaired) electrons. The predicted octanol–water partition coefficient (Wildman–Crippen LogP) is 7.70. The van der Waals surface area contributed by atoms with Crippen LogP contribution in [0.1, 0.15) is 43.2 Å². The molecule has 0 saturated carbocycles. The quantitative estimate of drug-likeness (QED) is 0.280. The van der Waals surface area contributed by atoms with Crippen molar-refractivity contribution in [3.05, 3.63) is 72.8 Å². The maximum Gasteiger partial charge on any atom is 0.260 e. The minimum Gasteiger partial charge on any atom is -0.493 e. The number of fused-ring (bicyclic) bond motifs is 3. The number of H-pyrrole nitrogens is 1. The number of methoxy groups -OCH3 is 1. The lowest BCUT2D eigenvalue weighted by molar-refractivity contribution is 0.218. The molecule has 1 atom stereocenters. The predicted molar refractivity (Wildman–Crippen MR) is 148 cm³/mol. The van der Waals surface area contributed by atoms with E-state index in [9.17, 15) is 4.79 Å². The molecule has 5 rings (SSSR count). The van der Waals surface area contributed by atoms with E-state index < -0.39 is 0 Å². The average Bonchev–Trinajstić information content (AvgIpc) is 3.21. The fourth-order valence-corrected chi connectivity index (χ4v) is 6.48. The first kappa shape index (κ1) is 25.1. The molecule has 0 aliphatic heterocycles. The Balaban J connectivity index is 1.48. The average molecular weight is 544 g/mol. The minimum atomic E-state index is -0.111. The van der Waals surface area contributed by atoms with Crippen LogP contribution in [0.2, 0.25) is 10.0 Å². The summed E-state index contributed by atoms with van der Waals surface area (Å²) in [5, 5.41) is 1.77. The van der Waals surface area contributed by atoms with E-state index in [2.05, 4.69) is 25.8 Å². The Morgan fingerprint density at radius 3 is 2.61 bits per heavy atom. The molecule has 1 N–H and O–H groups in total. The van der Waals surface area contributed by atoms with Crippen molar-refractivity contribution < 1.29 is 9.47 Å². The summed E-state index contributed by atoms with van der Waals surface area (Å²) in [6.45, 7) is 7.18. The van der Waals surface area contributed by atoms with Gasteiger partial charge in [0.1, 0.15) is 17.3 Å². The van der Waals surface area contributed by atoms with E-state index in [0.29, 0.717) is 45.5 Å². The van der Waals surface area contributed by atoms with Crippen molar-refractivity contribution in [3.8, 4) is 22.9 Å². The zero-order chi connectivity index (χ0) is 25.6. The van der Waals surface area contributed by atoms with Crippen molar-refractivity contribution in [3.63, 3.8) is 0 Å². The second kappa shape index (κ2) is 9.73. The summed E-state index contributed by atoms with van der Waals surface area (Å²) in [4.78, 5) is 23.1. The number of halogens is 2. The van der Waals surface area contributed by atoms with E-state index in [0.717, 1.165) is 40.6 Å². The number of benzene rings is 2. The normalized spacial score (nSPS) is 15.7. The summed E-state index contributed by atoms with van der Waals surface area (Å²) in [6.07, 6.45) is 3.00. The molecular formula is C28H28Cl2N2O3S. The van der Waals surface area contributed by atoms with Gasteiger partial charge in [-0.3, -0.25) is 4.79 Å². The number of aromatic nitrogens is 2. The number of hydrogen-bond acceptors (Lipinski definition) is 5. The smallest absolute Gasteiger partial charge is 0.260 e. The molecule has 0 spiro atoms. The van der Waals surface area contributed by atoms with E-state index in [1.165, 1.54) is 4.88 Å². The Morgan fingerprint density at radius 1 is 1.17 bits per heavy atom. The highest BCUT2D eigenvalue weighted by Crippen LogP contribution is 2.43. The fraction of sp³-hybridized carbons (Fsp3) is 0.357. The van der Waals surface area contributed by atoms with Gasteiger partial charge in [0.2, 0.25) is 0 Å². The van der Waals surface area contributed by atoms with Gasteiger partial charge in [-0.1, -0.05) is 56.1 Å². The molecule has 2 heterocycles. The largest absolute Gasteiger partial charge is 0.493 e. The summed E-state index contributed by atoms with van der Waals surface area (Å²) in [7, 11) is 1.56. The molecule has 0 fully saturated rings. The number of aromatic amines is 1. The molecule has 1 aliphatic carbocycles. The highest BCUT2D eigenvalue weighted by molar-refractivity contribution is 7.18. The first-order valence-corrected chi connectivity index (χ1v) is 13.5. The van der Waals surface area contributed by atoms with Crippen molar-refractivity contribution >= 4 is 44.8 Å². The van der Waals surface area contributed by atoms with Crippen LogP contribution in [-0.2, 0) is 19.4 Å². The number of thiophene rings is 1. The van der Waals surface area contributed by atoms with Crippen LogP contribution >= 0.6 is 34.5 Å².